The molecule has 2 aromatic heterocycles. The summed E-state index contributed by atoms with van der Waals surface area (Å²) in [5.41, 5.74) is 7.43. The molecule has 5 nitrogen and oxygen atoms in total. The van der Waals surface area contributed by atoms with Crippen LogP contribution in [-0.4, -0.2) is 19.5 Å². The Balaban J connectivity index is 2.36. The molecular formula is C8H8ClN5. The zero-order chi connectivity index (χ0) is 9.71. The summed E-state index contributed by atoms with van der Waals surface area (Å²) >= 11 is 5.72. The summed E-state index contributed by atoms with van der Waals surface area (Å²) in [6, 6.07) is 0.0166. The highest BCUT2D eigenvalue weighted by Gasteiger charge is 2.24. The summed E-state index contributed by atoms with van der Waals surface area (Å²) in [6.45, 7) is 0.861. The number of halogens is 1. The van der Waals surface area contributed by atoms with E-state index in [2.05, 4.69) is 15.0 Å². The molecule has 2 N–H and O–H groups in total. The van der Waals surface area contributed by atoms with Crippen LogP contribution in [0.15, 0.2) is 6.20 Å². The molecule has 1 unspecified atom stereocenters. The molecule has 0 saturated heterocycles. The van der Waals surface area contributed by atoms with E-state index in [1.165, 1.54) is 0 Å². The van der Waals surface area contributed by atoms with Crippen LogP contribution in [0.1, 0.15) is 18.3 Å². The lowest BCUT2D eigenvalue weighted by atomic mass is 10.3. The van der Waals surface area contributed by atoms with Crippen molar-refractivity contribution in [1.82, 2.24) is 19.5 Å². The summed E-state index contributed by atoms with van der Waals surface area (Å²) in [4.78, 5) is 12.4. The van der Waals surface area contributed by atoms with Gasteiger partial charge in [-0.15, -0.1) is 0 Å². The maximum Gasteiger partial charge on any atom is 0.224 e. The first-order valence-electron chi connectivity index (χ1n) is 4.40. The van der Waals surface area contributed by atoms with Crippen molar-refractivity contribution in [3.8, 4) is 0 Å². The quantitative estimate of drug-likeness (QED) is 0.654. The first-order valence-corrected chi connectivity index (χ1v) is 4.78. The molecule has 0 bridgehead atoms. The normalized spacial score (nSPS) is 20.3. The van der Waals surface area contributed by atoms with Gasteiger partial charge in [-0.05, 0) is 18.0 Å². The van der Waals surface area contributed by atoms with Gasteiger partial charge in [0.25, 0.3) is 0 Å². The van der Waals surface area contributed by atoms with Crippen LogP contribution in [0, 0.1) is 0 Å². The fourth-order valence-corrected chi connectivity index (χ4v) is 1.95. The van der Waals surface area contributed by atoms with Gasteiger partial charge in [0.2, 0.25) is 5.28 Å². The van der Waals surface area contributed by atoms with E-state index < -0.39 is 0 Å². The summed E-state index contributed by atoms with van der Waals surface area (Å²) < 4.78 is 2.01. The highest BCUT2D eigenvalue weighted by atomic mass is 35.5. The van der Waals surface area contributed by atoms with Crippen LogP contribution in [0.3, 0.4) is 0 Å². The minimum atomic E-state index is 0.0166. The SMILES string of the molecule is NC1CCn2c1nc1cnc(Cl)nc12. The van der Waals surface area contributed by atoms with Gasteiger partial charge in [0, 0.05) is 6.54 Å². The molecule has 0 fully saturated rings. The minimum Gasteiger partial charge on any atom is -0.321 e. The smallest absolute Gasteiger partial charge is 0.224 e. The second-order valence-electron chi connectivity index (χ2n) is 3.36. The third-order valence-electron chi connectivity index (χ3n) is 2.48. The van der Waals surface area contributed by atoms with E-state index in [1.807, 2.05) is 4.57 Å². The predicted octanol–water partition coefficient (Wildman–Crippen LogP) is 0.883. The van der Waals surface area contributed by atoms with Crippen LogP contribution in [0.2, 0.25) is 5.28 Å². The van der Waals surface area contributed by atoms with Crippen LogP contribution >= 0.6 is 11.6 Å². The largest absolute Gasteiger partial charge is 0.321 e. The van der Waals surface area contributed by atoms with Crippen LogP contribution in [-0.2, 0) is 6.54 Å². The van der Waals surface area contributed by atoms with Crippen molar-refractivity contribution in [2.45, 2.75) is 19.0 Å². The van der Waals surface area contributed by atoms with Crippen LogP contribution in [0.25, 0.3) is 11.2 Å². The molecule has 1 atom stereocenters. The zero-order valence-electron chi connectivity index (χ0n) is 7.31. The lowest BCUT2D eigenvalue weighted by molar-refractivity contribution is 0.684. The molecule has 0 saturated carbocycles. The standard InChI is InChI=1S/C8H8ClN5/c9-8-11-3-5-7(13-8)14-2-1-4(10)6(14)12-5/h3-4H,1-2,10H2. The molecule has 0 amide bonds. The van der Waals surface area contributed by atoms with Gasteiger partial charge in [0.1, 0.15) is 11.3 Å². The van der Waals surface area contributed by atoms with Crippen LogP contribution < -0.4 is 5.73 Å². The van der Waals surface area contributed by atoms with E-state index in [9.17, 15) is 0 Å². The summed E-state index contributed by atoms with van der Waals surface area (Å²) in [5.74, 6) is 0.886. The van der Waals surface area contributed by atoms with Crippen molar-refractivity contribution in [3.05, 3.63) is 17.3 Å². The minimum absolute atomic E-state index is 0.0166. The van der Waals surface area contributed by atoms with Gasteiger partial charge in [0.15, 0.2) is 5.65 Å². The Hall–Kier alpha value is -1.20. The van der Waals surface area contributed by atoms with E-state index in [-0.39, 0.29) is 11.3 Å². The van der Waals surface area contributed by atoms with Gasteiger partial charge in [-0.25, -0.2) is 9.97 Å². The second kappa shape index (κ2) is 2.65. The summed E-state index contributed by atoms with van der Waals surface area (Å²) in [6.07, 6.45) is 2.54. The topological polar surface area (TPSA) is 69.6 Å². The maximum absolute atomic E-state index is 5.88. The van der Waals surface area contributed by atoms with Gasteiger partial charge >= 0.3 is 0 Å². The fourth-order valence-electron chi connectivity index (χ4n) is 1.82. The number of hydrogen-bond donors (Lipinski definition) is 1. The van der Waals surface area contributed by atoms with E-state index in [0.717, 1.165) is 30.0 Å². The average molecular weight is 210 g/mol. The highest BCUT2D eigenvalue weighted by molar-refractivity contribution is 6.28. The lowest BCUT2D eigenvalue weighted by Gasteiger charge is -1.96. The van der Waals surface area contributed by atoms with E-state index in [1.54, 1.807) is 6.20 Å². The summed E-state index contributed by atoms with van der Waals surface area (Å²) in [7, 11) is 0. The molecule has 0 spiro atoms. The molecule has 0 aromatic carbocycles. The number of aryl methyl sites for hydroxylation is 1. The van der Waals surface area contributed by atoms with Crippen LogP contribution in [0.4, 0.5) is 0 Å². The summed E-state index contributed by atoms with van der Waals surface area (Å²) in [5, 5.41) is 0.251. The molecule has 1 aliphatic rings. The first-order chi connectivity index (χ1) is 6.75. The van der Waals surface area contributed by atoms with Crippen molar-refractivity contribution in [1.29, 1.82) is 0 Å². The number of nitrogens with zero attached hydrogens (tertiary/aromatic N) is 4. The monoisotopic (exact) mass is 209 g/mol. The van der Waals surface area contributed by atoms with Crippen molar-refractivity contribution < 1.29 is 0 Å². The Labute approximate surface area is 84.9 Å². The Morgan fingerprint density at radius 1 is 1.50 bits per heavy atom. The van der Waals surface area contributed by atoms with Crippen molar-refractivity contribution in [2.24, 2.45) is 5.73 Å². The Morgan fingerprint density at radius 3 is 3.21 bits per heavy atom. The molecule has 2 aromatic rings. The third-order valence-corrected chi connectivity index (χ3v) is 2.67. The van der Waals surface area contributed by atoms with Crippen molar-refractivity contribution >= 4 is 22.8 Å². The first kappa shape index (κ1) is 8.14. The van der Waals surface area contributed by atoms with Gasteiger partial charge < -0.3 is 10.3 Å². The number of hydrogen-bond acceptors (Lipinski definition) is 4. The molecule has 1 aliphatic heterocycles. The van der Waals surface area contributed by atoms with E-state index >= 15 is 0 Å². The molecular weight excluding hydrogens is 202 g/mol. The molecule has 14 heavy (non-hydrogen) atoms. The van der Waals surface area contributed by atoms with Gasteiger partial charge in [0.05, 0.1) is 12.2 Å². The molecule has 0 radical (unpaired) electrons. The molecule has 6 heteroatoms. The van der Waals surface area contributed by atoms with Gasteiger partial charge in [-0.1, -0.05) is 0 Å². The number of rotatable bonds is 0. The van der Waals surface area contributed by atoms with Crippen molar-refractivity contribution in [3.63, 3.8) is 0 Å². The van der Waals surface area contributed by atoms with Gasteiger partial charge in [-0.3, -0.25) is 0 Å². The number of imidazole rings is 1. The zero-order valence-corrected chi connectivity index (χ0v) is 8.07. The second-order valence-corrected chi connectivity index (χ2v) is 3.70. The highest BCUT2D eigenvalue weighted by Crippen LogP contribution is 2.26. The van der Waals surface area contributed by atoms with Gasteiger partial charge in [-0.2, -0.15) is 4.98 Å². The number of aromatic nitrogens is 4. The fraction of sp³-hybridized carbons (Fsp3) is 0.375. The molecule has 0 aliphatic carbocycles. The predicted molar refractivity (Wildman–Crippen MR) is 51.9 cm³/mol. The van der Waals surface area contributed by atoms with E-state index in [0.29, 0.717) is 0 Å². The molecule has 72 valence electrons. The maximum atomic E-state index is 5.88. The Morgan fingerprint density at radius 2 is 2.36 bits per heavy atom. The van der Waals surface area contributed by atoms with Crippen molar-refractivity contribution in [2.75, 3.05) is 0 Å². The van der Waals surface area contributed by atoms with Crippen LogP contribution in [0.5, 0.6) is 0 Å². The Kier molecular flexibility index (Phi) is 1.54. The molecule has 3 heterocycles. The third kappa shape index (κ3) is 0.964. The average Bonchev–Trinajstić information content (AvgIpc) is 2.67. The lowest BCUT2D eigenvalue weighted by Crippen LogP contribution is -2.06. The Bertz CT molecular complexity index is 506. The number of fused-ring (bicyclic) bond motifs is 3. The molecule has 3 rings (SSSR count). The van der Waals surface area contributed by atoms with E-state index in [4.69, 9.17) is 17.3 Å². The number of nitrogens with two attached hydrogens (primary N) is 1.